The van der Waals surface area contributed by atoms with Gasteiger partial charge in [-0.1, -0.05) is 37.6 Å². The standard InChI is InChI=1S/C21H22ClF3N4O3.C2H6/c22-17-14(2-1-3-15(17)21(23,24)25)12-27-9-5-20(13-27)6-10-28(11-7-20)19(32)29-8-4-16(26-29)18(30)31;1-2/h1-4,8H,5-7,9-13H2,(H,30,31);1-2H3. The molecule has 1 aromatic heterocycles. The summed E-state index contributed by atoms with van der Waals surface area (Å²) in [7, 11) is 0. The van der Waals surface area contributed by atoms with Gasteiger partial charge in [0.2, 0.25) is 0 Å². The fraction of sp³-hybridized carbons (Fsp3) is 0.522. The number of benzene rings is 1. The number of hydrogen-bond acceptors (Lipinski definition) is 4. The highest BCUT2D eigenvalue weighted by atomic mass is 35.5. The number of carbonyl (C=O) groups excluding carboxylic acids is 1. The van der Waals surface area contributed by atoms with E-state index in [2.05, 4.69) is 10.00 Å². The molecule has 186 valence electrons. The molecule has 2 fully saturated rings. The van der Waals surface area contributed by atoms with E-state index in [4.69, 9.17) is 16.7 Å². The molecule has 2 saturated heterocycles. The third-order valence-electron chi connectivity index (χ3n) is 6.39. The first-order chi connectivity index (χ1) is 16.1. The van der Waals surface area contributed by atoms with Crippen molar-refractivity contribution < 1.29 is 27.9 Å². The summed E-state index contributed by atoms with van der Waals surface area (Å²) >= 11 is 6.05. The molecule has 1 amide bonds. The Morgan fingerprint density at radius 2 is 1.76 bits per heavy atom. The van der Waals surface area contributed by atoms with Gasteiger partial charge in [0.1, 0.15) is 0 Å². The Kier molecular flexibility index (Phi) is 7.92. The number of piperidine rings is 1. The quantitative estimate of drug-likeness (QED) is 0.624. The zero-order chi connectivity index (χ0) is 25.1. The number of hydrogen-bond donors (Lipinski definition) is 1. The van der Waals surface area contributed by atoms with Crippen LogP contribution in [0.2, 0.25) is 5.02 Å². The fourth-order valence-corrected chi connectivity index (χ4v) is 4.89. The van der Waals surface area contributed by atoms with Gasteiger partial charge in [-0.2, -0.15) is 23.0 Å². The lowest BCUT2D eigenvalue weighted by Crippen LogP contribution is -2.45. The zero-order valence-electron chi connectivity index (χ0n) is 19.1. The predicted molar refractivity (Wildman–Crippen MR) is 121 cm³/mol. The van der Waals surface area contributed by atoms with Crippen molar-refractivity contribution in [1.82, 2.24) is 19.6 Å². The monoisotopic (exact) mass is 500 g/mol. The number of halogens is 4. The summed E-state index contributed by atoms with van der Waals surface area (Å²) in [6, 6.07) is 4.91. The number of aromatic nitrogens is 2. The predicted octanol–water partition coefficient (Wildman–Crippen LogP) is 5.24. The lowest BCUT2D eigenvalue weighted by atomic mass is 9.78. The van der Waals surface area contributed by atoms with Gasteiger partial charge in [-0.15, -0.1) is 0 Å². The number of nitrogens with zero attached hydrogens (tertiary/aromatic N) is 4. The van der Waals surface area contributed by atoms with E-state index < -0.39 is 17.7 Å². The van der Waals surface area contributed by atoms with E-state index in [1.54, 1.807) is 11.0 Å². The second-order valence-electron chi connectivity index (χ2n) is 8.46. The van der Waals surface area contributed by atoms with Crippen LogP contribution in [0, 0.1) is 5.41 Å². The number of carbonyl (C=O) groups is 2. The molecular formula is C23H28ClF3N4O3. The molecule has 7 nitrogen and oxygen atoms in total. The molecule has 1 aromatic carbocycles. The van der Waals surface area contributed by atoms with Gasteiger partial charge < -0.3 is 10.0 Å². The van der Waals surface area contributed by atoms with Crippen LogP contribution < -0.4 is 0 Å². The molecule has 0 saturated carbocycles. The van der Waals surface area contributed by atoms with Crippen LogP contribution in [0.5, 0.6) is 0 Å². The van der Waals surface area contributed by atoms with Crippen molar-refractivity contribution in [2.45, 2.75) is 45.8 Å². The van der Waals surface area contributed by atoms with Crippen molar-refractivity contribution in [3.05, 3.63) is 52.3 Å². The minimum absolute atomic E-state index is 0.00123. The molecule has 11 heteroatoms. The van der Waals surface area contributed by atoms with E-state index in [1.165, 1.54) is 18.3 Å². The SMILES string of the molecule is CC.O=C(O)c1ccn(C(=O)N2CCC3(CCN(Cc4cccc(C(F)(F)F)c4Cl)C3)CC2)n1. The fourth-order valence-electron chi connectivity index (χ4n) is 4.59. The van der Waals surface area contributed by atoms with Gasteiger partial charge in [0, 0.05) is 32.4 Å². The molecule has 0 unspecified atom stereocenters. The van der Waals surface area contributed by atoms with Crippen LogP contribution in [-0.4, -0.2) is 62.9 Å². The number of likely N-dealkylation sites (tertiary alicyclic amines) is 2. The highest BCUT2D eigenvalue weighted by molar-refractivity contribution is 6.32. The van der Waals surface area contributed by atoms with Gasteiger partial charge in [0.15, 0.2) is 5.69 Å². The normalized spacial score (nSPS) is 18.0. The number of carboxylic acid groups (broad SMARTS) is 1. The van der Waals surface area contributed by atoms with Gasteiger partial charge in [-0.05, 0) is 48.9 Å². The van der Waals surface area contributed by atoms with Gasteiger partial charge in [0.25, 0.3) is 0 Å². The molecule has 0 bridgehead atoms. The number of aromatic carboxylic acids is 1. The van der Waals surface area contributed by atoms with E-state index in [0.717, 1.165) is 43.1 Å². The molecule has 0 atom stereocenters. The third-order valence-corrected chi connectivity index (χ3v) is 6.84. The zero-order valence-corrected chi connectivity index (χ0v) is 19.9. The maximum atomic E-state index is 13.1. The smallest absolute Gasteiger partial charge is 0.417 e. The number of alkyl halides is 3. The molecule has 2 aliphatic rings. The Morgan fingerprint density at radius 3 is 2.35 bits per heavy atom. The van der Waals surface area contributed by atoms with E-state index >= 15 is 0 Å². The van der Waals surface area contributed by atoms with E-state index in [-0.39, 0.29) is 22.2 Å². The second kappa shape index (κ2) is 10.4. The summed E-state index contributed by atoms with van der Waals surface area (Å²) in [4.78, 5) is 27.3. The molecule has 2 aliphatic heterocycles. The molecule has 0 aliphatic carbocycles. The largest absolute Gasteiger partial charge is 0.476 e. The summed E-state index contributed by atoms with van der Waals surface area (Å²) in [5.74, 6) is -1.19. The minimum atomic E-state index is -4.49. The molecule has 1 N–H and O–H groups in total. The molecule has 3 heterocycles. The highest BCUT2D eigenvalue weighted by Crippen LogP contribution is 2.42. The Morgan fingerprint density at radius 1 is 1.12 bits per heavy atom. The molecule has 1 spiro atoms. The highest BCUT2D eigenvalue weighted by Gasteiger charge is 2.42. The summed E-state index contributed by atoms with van der Waals surface area (Å²) in [5, 5.41) is 12.5. The van der Waals surface area contributed by atoms with Crippen molar-refractivity contribution >= 4 is 23.6 Å². The van der Waals surface area contributed by atoms with Gasteiger partial charge in [-0.3, -0.25) is 4.90 Å². The molecule has 4 rings (SSSR count). The average Bonchev–Trinajstić information content (AvgIpc) is 3.44. The first kappa shape index (κ1) is 26.0. The number of rotatable bonds is 3. The maximum absolute atomic E-state index is 13.1. The van der Waals surface area contributed by atoms with Gasteiger partial charge in [-0.25, -0.2) is 9.59 Å². The molecule has 0 radical (unpaired) electrons. The summed E-state index contributed by atoms with van der Waals surface area (Å²) in [5.41, 5.74) is -0.547. The summed E-state index contributed by atoms with van der Waals surface area (Å²) in [6.45, 7) is 6.85. The van der Waals surface area contributed by atoms with Crippen LogP contribution in [0.4, 0.5) is 18.0 Å². The van der Waals surface area contributed by atoms with Crippen LogP contribution in [0.25, 0.3) is 0 Å². The number of carboxylic acids is 1. The summed E-state index contributed by atoms with van der Waals surface area (Å²) < 4.78 is 40.4. The van der Waals surface area contributed by atoms with Crippen molar-refractivity contribution in [1.29, 1.82) is 0 Å². The summed E-state index contributed by atoms with van der Waals surface area (Å²) in [6.07, 6.45) is -0.724. The molecule has 34 heavy (non-hydrogen) atoms. The first-order valence-electron chi connectivity index (χ1n) is 11.2. The van der Waals surface area contributed by atoms with E-state index in [0.29, 0.717) is 25.2 Å². The lowest BCUT2D eigenvalue weighted by Gasteiger charge is -2.39. The number of amides is 1. The third kappa shape index (κ3) is 5.55. The van der Waals surface area contributed by atoms with Crippen molar-refractivity contribution in [3.8, 4) is 0 Å². The van der Waals surface area contributed by atoms with E-state index in [1.807, 2.05) is 13.8 Å². The van der Waals surface area contributed by atoms with Crippen LogP contribution in [0.3, 0.4) is 0 Å². The Balaban J connectivity index is 0.00000158. The Labute approximate surface area is 201 Å². The van der Waals surface area contributed by atoms with Gasteiger partial charge >= 0.3 is 18.2 Å². The average molecular weight is 501 g/mol. The lowest BCUT2D eigenvalue weighted by molar-refractivity contribution is -0.137. The molecular weight excluding hydrogens is 473 g/mol. The Bertz CT molecular complexity index is 1030. The maximum Gasteiger partial charge on any atom is 0.417 e. The van der Waals surface area contributed by atoms with E-state index in [9.17, 15) is 22.8 Å². The van der Waals surface area contributed by atoms with Crippen LogP contribution in [0.1, 0.15) is 54.7 Å². The second-order valence-corrected chi connectivity index (χ2v) is 8.84. The molecule has 2 aromatic rings. The van der Waals surface area contributed by atoms with Crippen molar-refractivity contribution in [3.63, 3.8) is 0 Å². The minimum Gasteiger partial charge on any atom is -0.476 e. The van der Waals surface area contributed by atoms with Crippen LogP contribution in [-0.2, 0) is 12.7 Å². The first-order valence-corrected chi connectivity index (χ1v) is 11.6. The van der Waals surface area contributed by atoms with Crippen molar-refractivity contribution in [2.75, 3.05) is 26.2 Å². The van der Waals surface area contributed by atoms with Crippen LogP contribution >= 0.6 is 11.6 Å². The van der Waals surface area contributed by atoms with Gasteiger partial charge in [0.05, 0.1) is 10.6 Å². The topological polar surface area (TPSA) is 78.7 Å². The van der Waals surface area contributed by atoms with Crippen LogP contribution in [0.15, 0.2) is 30.5 Å². The Hall–Kier alpha value is -2.59. The van der Waals surface area contributed by atoms with Crippen molar-refractivity contribution in [2.24, 2.45) is 5.41 Å².